The van der Waals surface area contributed by atoms with Crippen LogP contribution < -0.4 is 15.4 Å². The molecule has 5 aromatic rings. The number of carbonyl (C=O) groups excluding carboxylic acids is 1. The van der Waals surface area contributed by atoms with Crippen LogP contribution in [0.4, 0.5) is 5.69 Å². The Labute approximate surface area is 223 Å². The van der Waals surface area contributed by atoms with Crippen LogP contribution in [-0.4, -0.2) is 23.1 Å². The lowest BCUT2D eigenvalue weighted by molar-refractivity contribution is 0.0951. The van der Waals surface area contributed by atoms with Crippen LogP contribution in [0.15, 0.2) is 75.6 Å². The largest absolute Gasteiger partial charge is 0.497 e. The number of anilines is 1. The molecular weight excluding hydrogens is 510 g/mol. The molecule has 0 atom stereocenters. The number of hydrogen-bond acceptors (Lipinski definition) is 6. The molecule has 37 heavy (non-hydrogen) atoms. The molecule has 5 rings (SSSR count). The van der Waals surface area contributed by atoms with E-state index in [0.717, 1.165) is 22.3 Å². The average molecular weight is 532 g/mol. The van der Waals surface area contributed by atoms with Gasteiger partial charge in [-0.05, 0) is 79.7 Å². The van der Waals surface area contributed by atoms with E-state index in [1.165, 1.54) is 0 Å². The van der Waals surface area contributed by atoms with Gasteiger partial charge < -0.3 is 18.9 Å². The molecule has 0 aliphatic rings. The van der Waals surface area contributed by atoms with Crippen molar-refractivity contribution in [3.05, 3.63) is 88.6 Å². The molecule has 0 fully saturated rings. The number of furan rings is 1. The number of halogens is 1. The summed E-state index contributed by atoms with van der Waals surface area (Å²) in [7, 11) is 1.60. The van der Waals surface area contributed by atoms with Crippen molar-refractivity contribution in [2.45, 2.75) is 13.8 Å². The minimum atomic E-state index is -0.469. The van der Waals surface area contributed by atoms with Crippen molar-refractivity contribution in [2.75, 3.05) is 12.4 Å². The summed E-state index contributed by atoms with van der Waals surface area (Å²) in [6.45, 7) is 3.85. The molecule has 9 heteroatoms. The molecule has 2 heterocycles. The van der Waals surface area contributed by atoms with Crippen molar-refractivity contribution in [1.29, 1.82) is 0 Å². The maximum absolute atomic E-state index is 12.7. The van der Waals surface area contributed by atoms with Gasteiger partial charge in [0, 0.05) is 27.9 Å². The summed E-state index contributed by atoms with van der Waals surface area (Å²) in [6, 6.07) is 20.0. The van der Waals surface area contributed by atoms with Gasteiger partial charge in [-0.1, -0.05) is 29.8 Å². The third-order valence-electron chi connectivity index (χ3n) is 5.84. The van der Waals surface area contributed by atoms with Crippen LogP contribution in [0.25, 0.3) is 33.9 Å². The van der Waals surface area contributed by atoms with E-state index < -0.39 is 5.91 Å². The lowest BCUT2D eigenvalue weighted by Gasteiger charge is -2.12. The van der Waals surface area contributed by atoms with Crippen molar-refractivity contribution in [3.63, 3.8) is 0 Å². The number of fused-ring (bicyclic) bond motifs is 1. The van der Waals surface area contributed by atoms with E-state index in [1.54, 1.807) is 25.3 Å². The number of aryl methyl sites for hydroxylation is 2. The highest BCUT2D eigenvalue weighted by molar-refractivity contribution is 7.80. The van der Waals surface area contributed by atoms with Crippen molar-refractivity contribution in [2.24, 2.45) is 0 Å². The summed E-state index contributed by atoms with van der Waals surface area (Å²) >= 11 is 11.6. The fourth-order valence-electron chi connectivity index (χ4n) is 3.73. The number of nitrogens with zero attached hydrogens (tertiary/aromatic N) is 1. The molecule has 0 spiro atoms. The Morgan fingerprint density at radius 2 is 1.73 bits per heavy atom. The Hall–Kier alpha value is -4.14. The van der Waals surface area contributed by atoms with Gasteiger partial charge in [0.2, 0.25) is 5.89 Å². The first-order valence-electron chi connectivity index (χ1n) is 11.3. The normalized spacial score (nSPS) is 10.9. The number of methoxy groups -OCH3 is 1. The third kappa shape index (κ3) is 5.21. The fourth-order valence-corrected chi connectivity index (χ4v) is 4.11. The minimum Gasteiger partial charge on any atom is -0.497 e. The monoisotopic (exact) mass is 531 g/mol. The highest BCUT2D eigenvalue weighted by Gasteiger charge is 2.16. The molecule has 0 unspecified atom stereocenters. The number of thiocarbonyl (C=S) groups is 1. The highest BCUT2D eigenvalue weighted by Crippen LogP contribution is 2.30. The minimum absolute atomic E-state index is 0.128. The summed E-state index contributed by atoms with van der Waals surface area (Å²) in [6.07, 6.45) is 0. The first-order chi connectivity index (χ1) is 17.8. The van der Waals surface area contributed by atoms with Gasteiger partial charge in [-0.25, -0.2) is 4.98 Å². The molecule has 7 nitrogen and oxygen atoms in total. The molecule has 0 saturated heterocycles. The zero-order valence-electron chi connectivity index (χ0n) is 20.2. The standard InChI is InChI=1S/C28H22ClN3O4S/c1-15-4-6-17(12-20(15)29)23-10-11-25(35-23)26(33)32-28(37)31-21-13-18(7-5-16(21)2)27-30-22-14-19(34-3)8-9-24(22)36-27/h4-14H,1-3H3,(H2,31,32,33,37). The molecule has 2 N–H and O–H groups in total. The van der Waals surface area contributed by atoms with Gasteiger partial charge in [0.1, 0.15) is 17.0 Å². The summed E-state index contributed by atoms with van der Waals surface area (Å²) in [4.78, 5) is 17.3. The summed E-state index contributed by atoms with van der Waals surface area (Å²) < 4.78 is 16.9. The van der Waals surface area contributed by atoms with E-state index in [4.69, 9.17) is 37.4 Å². The molecule has 3 aromatic carbocycles. The fraction of sp³-hybridized carbons (Fsp3) is 0.107. The van der Waals surface area contributed by atoms with Crippen LogP contribution >= 0.6 is 23.8 Å². The Morgan fingerprint density at radius 1 is 0.946 bits per heavy atom. The van der Waals surface area contributed by atoms with Gasteiger partial charge in [-0.2, -0.15) is 0 Å². The molecule has 2 aromatic heterocycles. The number of hydrogen-bond donors (Lipinski definition) is 2. The van der Waals surface area contributed by atoms with Crippen molar-refractivity contribution in [3.8, 4) is 28.5 Å². The van der Waals surface area contributed by atoms with Crippen LogP contribution in [0.5, 0.6) is 5.75 Å². The second-order valence-corrected chi connectivity index (χ2v) is 9.23. The van der Waals surface area contributed by atoms with Crippen LogP contribution in [-0.2, 0) is 0 Å². The highest BCUT2D eigenvalue weighted by atomic mass is 35.5. The molecule has 0 aliphatic carbocycles. The van der Waals surface area contributed by atoms with Gasteiger partial charge in [0.05, 0.1) is 7.11 Å². The van der Waals surface area contributed by atoms with E-state index in [0.29, 0.717) is 39.2 Å². The van der Waals surface area contributed by atoms with Crippen molar-refractivity contribution in [1.82, 2.24) is 10.3 Å². The SMILES string of the molecule is COc1ccc2oc(-c3ccc(C)c(NC(=S)NC(=O)c4ccc(-c5ccc(C)c(Cl)c5)o4)c3)nc2c1. The van der Waals surface area contributed by atoms with Crippen LogP contribution in [0.2, 0.25) is 5.02 Å². The molecule has 0 radical (unpaired) electrons. The number of amides is 1. The van der Waals surface area contributed by atoms with Gasteiger partial charge in [-0.3, -0.25) is 10.1 Å². The molecule has 1 amide bonds. The Kier molecular flexibility index (Phi) is 6.69. The maximum atomic E-state index is 12.7. The van der Waals surface area contributed by atoms with Crippen LogP contribution in [0.3, 0.4) is 0 Å². The molecule has 0 bridgehead atoms. The number of ether oxygens (including phenoxy) is 1. The van der Waals surface area contributed by atoms with Gasteiger partial charge in [-0.15, -0.1) is 0 Å². The number of benzene rings is 3. The molecule has 0 saturated carbocycles. The maximum Gasteiger partial charge on any atom is 0.293 e. The quantitative estimate of drug-likeness (QED) is 0.232. The number of rotatable bonds is 5. The van der Waals surface area contributed by atoms with E-state index in [2.05, 4.69) is 15.6 Å². The van der Waals surface area contributed by atoms with Crippen molar-refractivity contribution >= 4 is 51.6 Å². The topological polar surface area (TPSA) is 89.5 Å². The first kappa shape index (κ1) is 24.5. The van der Waals surface area contributed by atoms with Gasteiger partial charge in [0.15, 0.2) is 16.5 Å². The first-order valence-corrected chi connectivity index (χ1v) is 12.1. The number of carbonyl (C=O) groups is 1. The van der Waals surface area contributed by atoms with E-state index >= 15 is 0 Å². The number of oxazole rings is 1. The number of aromatic nitrogens is 1. The molecular formula is C28H22ClN3O4S. The summed E-state index contributed by atoms with van der Waals surface area (Å²) in [5.41, 5.74) is 5.47. The zero-order valence-corrected chi connectivity index (χ0v) is 21.8. The van der Waals surface area contributed by atoms with Gasteiger partial charge in [0.25, 0.3) is 5.91 Å². The number of nitrogens with one attached hydrogen (secondary N) is 2. The second-order valence-electron chi connectivity index (χ2n) is 8.42. The lowest BCUT2D eigenvalue weighted by atomic mass is 10.1. The van der Waals surface area contributed by atoms with Crippen LogP contribution in [0.1, 0.15) is 21.7 Å². The smallest absolute Gasteiger partial charge is 0.293 e. The Bertz CT molecular complexity index is 1660. The van der Waals surface area contributed by atoms with Crippen LogP contribution in [0, 0.1) is 13.8 Å². The predicted molar refractivity (Wildman–Crippen MR) is 148 cm³/mol. The average Bonchev–Trinajstić information content (AvgIpc) is 3.54. The molecule has 186 valence electrons. The second kappa shape index (κ2) is 10.1. The van der Waals surface area contributed by atoms with E-state index in [1.807, 2.05) is 62.4 Å². The molecule has 0 aliphatic heterocycles. The zero-order chi connectivity index (χ0) is 26.1. The van der Waals surface area contributed by atoms with Crippen molar-refractivity contribution < 1.29 is 18.4 Å². The summed E-state index contributed by atoms with van der Waals surface area (Å²) in [5, 5.41) is 6.49. The summed E-state index contributed by atoms with van der Waals surface area (Å²) in [5.74, 6) is 1.35. The third-order valence-corrected chi connectivity index (χ3v) is 6.45. The predicted octanol–water partition coefficient (Wildman–Crippen LogP) is 7.16. The van der Waals surface area contributed by atoms with Gasteiger partial charge >= 0.3 is 0 Å². The van der Waals surface area contributed by atoms with E-state index in [-0.39, 0.29) is 10.9 Å². The van der Waals surface area contributed by atoms with E-state index in [9.17, 15) is 4.79 Å². The Morgan fingerprint density at radius 3 is 2.51 bits per heavy atom. The lowest BCUT2D eigenvalue weighted by Crippen LogP contribution is -2.34. The Balaban J connectivity index is 1.30.